The van der Waals surface area contributed by atoms with Gasteiger partial charge in [-0.15, -0.1) is 0 Å². The van der Waals surface area contributed by atoms with Gasteiger partial charge < -0.3 is 10.0 Å². The molecule has 3 saturated carbocycles. The van der Waals surface area contributed by atoms with Crippen LogP contribution in [0.15, 0.2) is 24.3 Å². The van der Waals surface area contributed by atoms with Crippen LogP contribution in [0.2, 0.25) is 0 Å². The van der Waals surface area contributed by atoms with Crippen LogP contribution in [0.5, 0.6) is 0 Å². The highest BCUT2D eigenvalue weighted by Gasteiger charge is 2.70. The molecular weight excluding hydrogens is 346 g/mol. The number of aliphatic hydroxyl groups is 1. The van der Waals surface area contributed by atoms with Crippen molar-refractivity contribution in [2.75, 3.05) is 4.90 Å². The predicted molar refractivity (Wildman–Crippen MR) is 112 cm³/mol. The number of hydrogen-bond donors (Lipinski definition) is 1. The molecule has 0 saturated heterocycles. The zero-order chi connectivity index (χ0) is 20.1. The monoisotopic (exact) mass is 381 g/mol. The van der Waals surface area contributed by atoms with Gasteiger partial charge in [0.1, 0.15) is 0 Å². The molecule has 1 amide bonds. The molecule has 3 nitrogen and oxygen atoms in total. The van der Waals surface area contributed by atoms with E-state index in [9.17, 15) is 9.90 Å². The van der Waals surface area contributed by atoms with Crippen molar-refractivity contribution < 1.29 is 9.90 Å². The number of aliphatic hydroxyl groups excluding tert-OH is 1. The summed E-state index contributed by atoms with van der Waals surface area (Å²) in [6.45, 7) is 11.4. The zero-order valence-corrected chi connectivity index (χ0v) is 18.0. The van der Waals surface area contributed by atoms with Crippen LogP contribution in [0.4, 0.5) is 5.69 Å². The van der Waals surface area contributed by atoms with E-state index in [1.807, 2.05) is 0 Å². The van der Waals surface area contributed by atoms with Gasteiger partial charge in [0.15, 0.2) is 0 Å². The molecule has 0 spiro atoms. The van der Waals surface area contributed by atoms with Gasteiger partial charge in [-0.2, -0.15) is 0 Å². The smallest absolute Gasteiger partial charge is 0.224 e. The second-order valence-electron chi connectivity index (χ2n) is 11.1. The largest absolute Gasteiger partial charge is 0.393 e. The molecule has 7 atom stereocenters. The summed E-state index contributed by atoms with van der Waals surface area (Å²) in [6.07, 6.45) is 5.36. The summed E-state index contributed by atoms with van der Waals surface area (Å²) >= 11 is 0. The summed E-state index contributed by atoms with van der Waals surface area (Å²) in [7, 11) is 0. The maximum Gasteiger partial charge on any atom is 0.224 e. The summed E-state index contributed by atoms with van der Waals surface area (Å²) in [5.41, 5.74) is 2.84. The van der Waals surface area contributed by atoms with E-state index in [2.05, 4.69) is 56.9 Å². The van der Waals surface area contributed by atoms with Crippen molar-refractivity contribution in [2.45, 2.75) is 84.8 Å². The molecule has 3 fully saturated rings. The number of carbonyl (C=O) groups is 1. The van der Waals surface area contributed by atoms with Crippen LogP contribution < -0.4 is 4.90 Å². The number of hydrogen-bond acceptors (Lipinski definition) is 2. The first kappa shape index (κ1) is 18.7. The third-order valence-electron chi connectivity index (χ3n) is 10.1. The molecule has 0 unspecified atom stereocenters. The van der Waals surface area contributed by atoms with Crippen molar-refractivity contribution in [3.05, 3.63) is 29.8 Å². The number of nitrogens with zero attached hydrogens (tertiary/aromatic N) is 1. The molecule has 1 aliphatic heterocycles. The lowest BCUT2D eigenvalue weighted by Crippen LogP contribution is -2.60. The molecule has 28 heavy (non-hydrogen) atoms. The van der Waals surface area contributed by atoms with Gasteiger partial charge in [0.05, 0.1) is 6.10 Å². The maximum atomic E-state index is 12.7. The van der Waals surface area contributed by atoms with Crippen LogP contribution in [0, 0.1) is 28.1 Å². The van der Waals surface area contributed by atoms with Crippen molar-refractivity contribution in [3.8, 4) is 0 Å². The molecule has 1 heterocycles. The van der Waals surface area contributed by atoms with Crippen LogP contribution >= 0.6 is 0 Å². The minimum atomic E-state index is -0.201. The number of amides is 1. The molecule has 3 heteroatoms. The van der Waals surface area contributed by atoms with Crippen molar-refractivity contribution in [2.24, 2.45) is 28.1 Å². The van der Waals surface area contributed by atoms with Crippen molar-refractivity contribution in [1.82, 2.24) is 0 Å². The Bertz CT molecular complexity index is 832. The lowest BCUT2D eigenvalue weighted by molar-refractivity contribution is -0.184. The van der Waals surface area contributed by atoms with Crippen molar-refractivity contribution in [3.63, 3.8) is 0 Å². The van der Waals surface area contributed by atoms with Crippen LogP contribution in [0.1, 0.15) is 78.2 Å². The van der Waals surface area contributed by atoms with Crippen molar-refractivity contribution in [1.29, 1.82) is 0 Å². The number of anilines is 1. The number of benzene rings is 1. The number of para-hydroxylation sites is 1. The van der Waals surface area contributed by atoms with E-state index in [-0.39, 0.29) is 28.3 Å². The molecule has 1 aromatic carbocycles. The van der Waals surface area contributed by atoms with Crippen LogP contribution in [-0.4, -0.2) is 23.2 Å². The lowest BCUT2D eigenvalue weighted by atomic mass is 9.39. The summed E-state index contributed by atoms with van der Waals surface area (Å²) in [6, 6.07) is 8.94. The highest BCUT2D eigenvalue weighted by molar-refractivity contribution is 5.95. The average Bonchev–Trinajstić information content (AvgIpc) is 3.11. The van der Waals surface area contributed by atoms with E-state index in [0.717, 1.165) is 24.9 Å². The summed E-state index contributed by atoms with van der Waals surface area (Å²) in [5, 5.41) is 10.8. The zero-order valence-electron chi connectivity index (χ0n) is 18.0. The van der Waals surface area contributed by atoms with Crippen molar-refractivity contribution >= 4 is 11.6 Å². The number of carbonyl (C=O) groups excluding carboxylic acids is 1. The van der Waals surface area contributed by atoms with E-state index < -0.39 is 0 Å². The minimum absolute atomic E-state index is 0.0442. The maximum absolute atomic E-state index is 12.7. The number of rotatable bonds is 0. The van der Waals surface area contributed by atoms with E-state index in [4.69, 9.17) is 0 Å². The molecule has 0 radical (unpaired) electrons. The molecule has 0 bridgehead atoms. The molecule has 3 aliphatic carbocycles. The Kier molecular flexibility index (Phi) is 3.75. The second kappa shape index (κ2) is 5.62. The molecule has 1 N–H and O–H groups in total. The lowest BCUT2D eigenvalue weighted by Gasteiger charge is -2.65. The Morgan fingerprint density at radius 3 is 2.54 bits per heavy atom. The predicted octanol–water partition coefficient (Wildman–Crippen LogP) is 5.13. The van der Waals surface area contributed by atoms with Gasteiger partial charge in [-0.25, -0.2) is 0 Å². The Labute approximate surface area is 169 Å². The molecule has 0 aromatic heterocycles. The van der Waals surface area contributed by atoms with Crippen LogP contribution in [0.25, 0.3) is 0 Å². The van der Waals surface area contributed by atoms with Crippen LogP contribution in [-0.2, 0) is 4.79 Å². The normalized spacial score (nSPS) is 45.8. The molecular formula is C25H35NO2. The Morgan fingerprint density at radius 1 is 1.11 bits per heavy atom. The Balaban J connectivity index is 1.68. The highest BCUT2D eigenvalue weighted by atomic mass is 16.3. The van der Waals surface area contributed by atoms with Gasteiger partial charge in [0, 0.05) is 24.6 Å². The quantitative estimate of drug-likeness (QED) is 0.677. The summed E-state index contributed by atoms with van der Waals surface area (Å²) in [5.74, 6) is 1.78. The SMILES string of the molecule is CC(=O)N1c2ccccc2[C@H]2[C@@H]1C[C@@H]1CC[C@H]3C(C)(C)[C@H](O)CC[C@]3(C)[C@@]12C. The van der Waals surface area contributed by atoms with Gasteiger partial charge in [0.2, 0.25) is 5.91 Å². The van der Waals surface area contributed by atoms with E-state index in [1.54, 1.807) is 6.92 Å². The van der Waals surface area contributed by atoms with E-state index in [0.29, 0.717) is 23.8 Å². The standard InChI is InChI=1S/C25H35NO2/c1-15(27)26-18-9-7-6-8-17(18)22-19(26)14-16-10-11-20-23(2,3)21(28)12-13-24(20,4)25(16,22)5/h6-9,16,19-22,28H,10-14H2,1-5H3/t16-,19-,20-,21+,22-,24-,25-/m0/s1. The third-order valence-corrected chi connectivity index (χ3v) is 10.1. The number of fused-ring (bicyclic) bond motifs is 7. The van der Waals surface area contributed by atoms with Gasteiger partial charge in [-0.3, -0.25) is 4.79 Å². The molecule has 152 valence electrons. The minimum Gasteiger partial charge on any atom is -0.393 e. The Morgan fingerprint density at radius 2 is 1.82 bits per heavy atom. The van der Waals surface area contributed by atoms with Gasteiger partial charge in [-0.1, -0.05) is 45.9 Å². The van der Waals surface area contributed by atoms with Gasteiger partial charge >= 0.3 is 0 Å². The first-order valence-corrected chi connectivity index (χ1v) is 11.2. The average molecular weight is 382 g/mol. The van der Waals surface area contributed by atoms with E-state index >= 15 is 0 Å². The van der Waals surface area contributed by atoms with Gasteiger partial charge in [-0.05, 0) is 71.8 Å². The Hall–Kier alpha value is -1.35. The fourth-order valence-electron chi connectivity index (χ4n) is 8.64. The first-order chi connectivity index (χ1) is 13.1. The fraction of sp³-hybridized carbons (Fsp3) is 0.720. The third kappa shape index (κ3) is 1.97. The van der Waals surface area contributed by atoms with E-state index in [1.165, 1.54) is 18.4 Å². The second-order valence-corrected chi connectivity index (χ2v) is 11.1. The van der Waals surface area contributed by atoms with Crippen LogP contribution in [0.3, 0.4) is 0 Å². The van der Waals surface area contributed by atoms with Gasteiger partial charge in [0.25, 0.3) is 0 Å². The summed E-state index contributed by atoms with van der Waals surface area (Å²) < 4.78 is 0. The molecule has 5 rings (SSSR count). The topological polar surface area (TPSA) is 40.5 Å². The summed E-state index contributed by atoms with van der Waals surface area (Å²) in [4.78, 5) is 14.8. The fourth-order valence-corrected chi connectivity index (χ4v) is 8.64. The molecule has 4 aliphatic rings. The highest BCUT2D eigenvalue weighted by Crippen LogP contribution is 2.75. The first-order valence-electron chi connectivity index (χ1n) is 11.2. The molecule has 1 aromatic rings.